The SMILES string of the molecule is CCNC(=NCC(c1c(F)cccc1F)N(C)C)NC1CC1.I. The third-order valence-electron chi connectivity index (χ3n) is 3.64. The molecule has 0 aliphatic heterocycles. The van der Waals surface area contributed by atoms with E-state index in [1.165, 1.54) is 18.2 Å². The van der Waals surface area contributed by atoms with Crippen molar-refractivity contribution in [2.24, 2.45) is 4.99 Å². The molecule has 2 N–H and O–H groups in total. The van der Waals surface area contributed by atoms with Crippen LogP contribution in [0.5, 0.6) is 0 Å². The Bertz CT molecular complexity index is 513. The van der Waals surface area contributed by atoms with E-state index in [2.05, 4.69) is 15.6 Å². The number of rotatable bonds is 6. The molecule has 0 radical (unpaired) electrons. The molecule has 0 spiro atoms. The number of nitrogens with zero attached hydrogens (tertiary/aromatic N) is 2. The van der Waals surface area contributed by atoms with Gasteiger partial charge in [-0.25, -0.2) is 8.78 Å². The highest BCUT2D eigenvalue weighted by molar-refractivity contribution is 14.0. The number of hydrogen-bond donors (Lipinski definition) is 2. The minimum Gasteiger partial charge on any atom is -0.357 e. The molecule has 1 atom stereocenters. The third-order valence-corrected chi connectivity index (χ3v) is 3.64. The summed E-state index contributed by atoms with van der Waals surface area (Å²) in [5.74, 6) is -0.364. The molecule has 1 aliphatic rings. The lowest BCUT2D eigenvalue weighted by molar-refractivity contribution is 0.290. The molecule has 0 heterocycles. The highest BCUT2D eigenvalue weighted by atomic mass is 127. The predicted octanol–water partition coefficient (Wildman–Crippen LogP) is 2.90. The van der Waals surface area contributed by atoms with Crippen molar-refractivity contribution >= 4 is 29.9 Å². The maximum Gasteiger partial charge on any atom is 0.191 e. The van der Waals surface area contributed by atoms with E-state index in [1.54, 1.807) is 19.0 Å². The van der Waals surface area contributed by atoms with E-state index < -0.39 is 17.7 Å². The largest absolute Gasteiger partial charge is 0.357 e. The fourth-order valence-corrected chi connectivity index (χ4v) is 2.26. The average molecular weight is 438 g/mol. The van der Waals surface area contributed by atoms with Crippen LogP contribution in [0.3, 0.4) is 0 Å². The topological polar surface area (TPSA) is 39.7 Å². The lowest BCUT2D eigenvalue weighted by atomic mass is 10.0. The van der Waals surface area contributed by atoms with Crippen LogP contribution in [0.1, 0.15) is 31.4 Å². The van der Waals surface area contributed by atoms with Crippen molar-refractivity contribution in [1.29, 1.82) is 0 Å². The van der Waals surface area contributed by atoms with Crippen molar-refractivity contribution in [3.63, 3.8) is 0 Å². The summed E-state index contributed by atoms with van der Waals surface area (Å²) >= 11 is 0. The van der Waals surface area contributed by atoms with Gasteiger partial charge in [0.15, 0.2) is 5.96 Å². The zero-order valence-corrected chi connectivity index (χ0v) is 16.1. The number of benzene rings is 1. The summed E-state index contributed by atoms with van der Waals surface area (Å²) < 4.78 is 28.0. The first-order chi connectivity index (χ1) is 10.5. The van der Waals surface area contributed by atoms with Gasteiger partial charge in [-0.2, -0.15) is 0 Å². The standard InChI is InChI=1S/C16H24F2N4.HI/c1-4-19-16(21-11-8-9-11)20-10-14(22(2)3)15-12(17)6-5-7-13(15)18;/h5-7,11,14H,4,8-10H2,1-3H3,(H2,19,20,21);1H. The van der Waals surface area contributed by atoms with Crippen LogP contribution < -0.4 is 10.6 Å². The van der Waals surface area contributed by atoms with Crippen molar-refractivity contribution < 1.29 is 8.78 Å². The molecule has 23 heavy (non-hydrogen) atoms. The van der Waals surface area contributed by atoms with Gasteiger partial charge in [0.2, 0.25) is 0 Å². The second-order valence-corrected chi connectivity index (χ2v) is 5.75. The van der Waals surface area contributed by atoms with E-state index in [-0.39, 0.29) is 36.1 Å². The summed E-state index contributed by atoms with van der Waals surface area (Å²) in [7, 11) is 3.60. The Labute approximate surface area is 153 Å². The molecular weight excluding hydrogens is 413 g/mol. The second-order valence-electron chi connectivity index (χ2n) is 5.75. The number of nitrogens with one attached hydrogen (secondary N) is 2. The third kappa shape index (κ3) is 5.87. The highest BCUT2D eigenvalue weighted by Crippen LogP contribution is 2.25. The molecule has 4 nitrogen and oxygen atoms in total. The summed E-state index contributed by atoms with van der Waals surface area (Å²) in [4.78, 5) is 6.28. The van der Waals surface area contributed by atoms with Gasteiger partial charge in [0.05, 0.1) is 12.6 Å². The molecule has 1 aromatic carbocycles. The van der Waals surface area contributed by atoms with E-state index in [1.807, 2.05) is 6.92 Å². The summed E-state index contributed by atoms with van der Waals surface area (Å²) in [6, 6.07) is 3.97. The number of aliphatic imine (C=N–C) groups is 1. The molecule has 7 heteroatoms. The maximum absolute atomic E-state index is 14.0. The van der Waals surface area contributed by atoms with Crippen LogP contribution in [0.15, 0.2) is 23.2 Å². The molecule has 2 rings (SSSR count). The Kier molecular flexibility index (Phi) is 8.18. The Morgan fingerprint density at radius 1 is 1.30 bits per heavy atom. The fraction of sp³-hybridized carbons (Fsp3) is 0.562. The fourth-order valence-electron chi connectivity index (χ4n) is 2.26. The lowest BCUT2D eigenvalue weighted by Crippen LogP contribution is -2.39. The molecule has 1 saturated carbocycles. The molecule has 0 bridgehead atoms. The summed E-state index contributed by atoms with van der Waals surface area (Å²) in [5, 5.41) is 6.46. The van der Waals surface area contributed by atoms with Crippen LogP contribution in [0.4, 0.5) is 8.78 Å². The van der Waals surface area contributed by atoms with E-state index in [0.717, 1.165) is 19.4 Å². The Morgan fingerprint density at radius 2 is 1.91 bits per heavy atom. The molecule has 130 valence electrons. The first-order valence-corrected chi connectivity index (χ1v) is 7.68. The molecule has 0 amide bonds. The van der Waals surface area contributed by atoms with Crippen LogP contribution in [-0.4, -0.2) is 44.1 Å². The van der Waals surface area contributed by atoms with Crippen molar-refractivity contribution in [3.05, 3.63) is 35.4 Å². The predicted molar refractivity (Wildman–Crippen MR) is 100 cm³/mol. The monoisotopic (exact) mass is 438 g/mol. The van der Waals surface area contributed by atoms with Gasteiger partial charge in [-0.05, 0) is 46.0 Å². The van der Waals surface area contributed by atoms with Crippen LogP contribution in [0.2, 0.25) is 0 Å². The molecule has 0 saturated heterocycles. The summed E-state index contributed by atoms with van der Waals surface area (Å²) in [6.07, 6.45) is 2.28. The number of hydrogen-bond acceptors (Lipinski definition) is 2. The first-order valence-electron chi connectivity index (χ1n) is 7.68. The van der Waals surface area contributed by atoms with Crippen molar-refractivity contribution in [1.82, 2.24) is 15.5 Å². The zero-order valence-electron chi connectivity index (χ0n) is 13.8. The Morgan fingerprint density at radius 3 is 2.39 bits per heavy atom. The number of guanidine groups is 1. The Balaban J connectivity index is 0.00000264. The normalized spacial score (nSPS) is 16.0. The van der Waals surface area contributed by atoms with Crippen LogP contribution >= 0.6 is 24.0 Å². The molecule has 1 aliphatic carbocycles. The van der Waals surface area contributed by atoms with Crippen LogP contribution in [0, 0.1) is 11.6 Å². The Hall–Kier alpha value is -0.960. The smallest absolute Gasteiger partial charge is 0.191 e. The maximum atomic E-state index is 14.0. The van der Waals surface area contributed by atoms with Gasteiger partial charge in [-0.15, -0.1) is 24.0 Å². The van der Waals surface area contributed by atoms with Gasteiger partial charge in [0, 0.05) is 18.2 Å². The molecule has 1 aromatic rings. The van der Waals surface area contributed by atoms with Gasteiger partial charge in [-0.1, -0.05) is 6.07 Å². The molecule has 0 aromatic heterocycles. The quantitative estimate of drug-likeness (QED) is 0.408. The van der Waals surface area contributed by atoms with Crippen molar-refractivity contribution in [3.8, 4) is 0 Å². The summed E-state index contributed by atoms with van der Waals surface area (Å²) in [5.41, 5.74) is 0.0681. The number of likely N-dealkylation sites (N-methyl/N-ethyl adjacent to an activating group) is 1. The van der Waals surface area contributed by atoms with Gasteiger partial charge in [0.25, 0.3) is 0 Å². The first kappa shape index (κ1) is 20.1. The van der Waals surface area contributed by atoms with E-state index in [4.69, 9.17) is 0 Å². The van der Waals surface area contributed by atoms with Crippen LogP contribution in [-0.2, 0) is 0 Å². The van der Waals surface area contributed by atoms with E-state index in [0.29, 0.717) is 12.0 Å². The zero-order chi connectivity index (χ0) is 16.1. The van der Waals surface area contributed by atoms with E-state index in [9.17, 15) is 8.78 Å². The van der Waals surface area contributed by atoms with Crippen molar-refractivity contribution in [2.75, 3.05) is 27.2 Å². The van der Waals surface area contributed by atoms with Crippen molar-refractivity contribution in [2.45, 2.75) is 31.8 Å². The highest BCUT2D eigenvalue weighted by Gasteiger charge is 2.24. The van der Waals surface area contributed by atoms with Gasteiger partial charge in [-0.3, -0.25) is 4.99 Å². The van der Waals surface area contributed by atoms with Gasteiger partial charge in [0.1, 0.15) is 11.6 Å². The van der Waals surface area contributed by atoms with Crippen LogP contribution in [0.25, 0.3) is 0 Å². The minimum absolute atomic E-state index is 0. The van der Waals surface area contributed by atoms with Gasteiger partial charge >= 0.3 is 0 Å². The van der Waals surface area contributed by atoms with E-state index >= 15 is 0 Å². The van der Waals surface area contributed by atoms with Gasteiger partial charge < -0.3 is 15.5 Å². The molecule has 1 fully saturated rings. The average Bonchev–Trinajstić information content (AvgIpc) is 3.25. The molecule has 1 unspecified atom stereocenters. The minimum atomic E-state index is -0.533. The lowest BCUT2D eigenvalue weighted by Gasteiger charge is -2.24. The number of halogens is 3. The second kappa shape index (κ2) is 9.36. The summed E-state index contributed by atoms with van der Waals surface area (Å²) in [6.45, 7) is 3.02. The molecular formula is C16H25F2IN4.